The van der Waals surface area contributed by atoms with Gasteiger partial charge in [-0.15, -0.1) is 6.42 Å². The lowest BCUT2D eigenvalue weighted by atomic mass is 10.2. The number of nitrogens with zero attached hydrogens (tertiary/aromatic N) is 4. The van der Waals surface area contributed by atoms with Gasteiger partial charge in [0.05, 0.1) is 19.0 Å². The first-order valence-corrected chi connectivity index (χ1v) is 8.49. The van der Waals surface area contributed by atoms with Crippen molar-refractivity contribution in [1.82, 2.24) is 19.6 Å². The summed E-state index contributed by atoms with van der Waals surface area (Å²) >= 11 is 1.62. The predicted molar refractivity (Wildman–Crippen MR) is 97.1 cm³/mol. The SMILES string of the molecule is C#Cc1cnc2ccc(-c3cnc(OC)c(NSCCC)c3)nn12. The molecule has 3 aromatic heterocycles. The molecule has 0 aliphatic carbocycles. The van der Waals surface area contributed by atoms with Gasteiger partial charge in [-0.2, -0.15) is 5.10 Å². The van der Waals surface area contributed by atoms with Gasteiger partial charge in [-0.1, -0.05) is 18.9 Å². The normalized spacial score (nSPS) is 10.5. The van der Waals surface area contributed by atoms with E-state index in [-0.39, 0.29) is 0 Å². The maximum absolute atomic E-state index is 5.49. The summed E-state index contributed by atoms with van der Waals surface area (Å²) in [5.41, 5.74) is 3.78. The first-order valence-electron chi connectivity index (χ1n) is 7.50. The average Bonchev–Trinajstić information content (AvgIpc) is 3.04. The minimum atomic E-state index is 0.551. The number of ether oxygens (including phenoxy) is 1. The van der Waals surface area contributed by atoms with Gasteiger partial charge in [-0.3, -0.25) is 0 Å². The first kappa shape index (κ1) is 16.1. The van der Waals surface area contributed by atoms with Crippen molar-refractivity contribution in [2.75, 3.05) is 17.6 Å². The first-order chi connectivity index (χ1) is 11.8. The molecular formula is C17H17N5OS. The number of terminal acetylenes is 1. The Labute approximate surface area is 144 Å². The molecule has 0 saturated heterocycles. The van der Waals surface area contributed by atoms with Crippen molar-refractivity contribution in [2.24, 2.45) is 0 Å². The van der Waals surface area contributed by atoms with Crippen LogP contribution in [0.2, 0.25) is 0 Å². The Bertz CT molecular complexity index is 900. The highest BCUT2D eigenvalue weighted by Gasteiger charge is 2.10. The molecule has 0 aromatic carbocycles. The van der Waals surface area contributed by atoms with Crippen LogP contribution in [-0.2, 0) is 0 Å². The van der Waals surface area contributed by atoms with Crippen LogP contribution in [0.5, 0.6) is 5.88 Å². The van der Waals surface area contributed by atoms with Crippen LogP contribution >= 0.6 is 11.9 Å². The number of methoxy groups -OCH3 is 1. The molecule has 0 spiro atoms. The molecule has 0 fully saturated rings. The molecule has 7 heteroatoms. The maximum Gasteiger partial charge on any atom is 0.237 e. The molecule has 0 bridgehead atoms. The Hall–Kier alpha value is -2.72. The third kappa shape index (κ3) is 3.14. The van der Waals surface area contributed by atoms with Crippen LogP contribution in [0.3, 0.4) is 0 Å². The lowest BCUT2D eigenvalue weighted by Gasteiger charge is -2.11. The van der Waals surface area contributed by atoms with E-state index in [1.165, 1.54) is 0 Å². The topological polar surface area (TPSA) is 64.3 Å². The molecule has 0 saturated carbocycles. The highest BCUT2D eigenvalue weighted by atomic mass is 32.2. The highest BCUT2D eigenvalue weighted by molar-refractivity contribution is 8.00. The van der Waals surface area contributed by atoms with Crippen LogP contribution in [0.15, 0.2) is 30.6 Å². The zero-order chi connectivity index (χ0) is 16.9. The van der Waals surface area contributed by atoms with Gasteiger partial charge in [0.25, 0.3) is 0 Å². The number of hydrogen-bond donors (Lipinski definition) is 1. The largest absolute Gasteiger partial charge is 0.480 e. The molecule has 0 aliphatic rings. The number of nitrogens with one attached hydrogen (secondary N) is 1. The monoisotopic (exact) mass is 339 g/mol. The summed E-state index contributed by atoms with van der Waals surface area (Å²) in [5, 5.41) is 4.57. The summed E-state index contributed by atoms with van der Waals surface area (Å²) < 4.78 is 10.2. The minimum absolute atomic E-state index is 0.551. The van der Waals surface area contributed by atoms with Gasteiger partial charge in [-0.25, -0.2) is 14.5 Å². The van der Waals surface area contributed by atoms with E-state index < -0.39 is 0 Å². The van der Waals surface area contributed by atoms with Crippen molar-refractivity contribution >= 4 is 23.3 Å². The average molecular weight is 339 g/mol. The van der Waals surface area contributed by atoms with Crippen LogP contribution in [0, 0.1) is 12.3 Å². The molecular weight excluding hydrogens is 322 g/mol. The van der Waals surface area contributed by atoms with Crippen LogP contribution in [0.1, 0.15) is 19.0 Å². The van der Waals surface area contributed by atoms with E-state index >= 15 is 0 Å². The summed E-state index contributed by atoms with van der Waals surface area (Å²) in [4.78, 5) is 8.59. The number of aromatic nitrogens is 4. The van der Waals surface area contributed by atoms with E-state index in [2.05, 4.69) is 32.6 Å². The highest BCUT2D eigenvalue weighted by Crippen LogP contribution is 2.29. The second kappa shape index (κ2) is 7.23. The molecule has 0 unspecified atom stereocenters. The number of anilines is 1. The van der Waals surface area contributed by atoms with Gasteiger partial charge < -0.3 is 9.46 Å². The molecule has 0 aliphatic heterocycles. The standard InChI is InChI=1S/C17H17N5OS/c1-4-8-24-21-15-9-12(10-19-17(15)23-3)14-6-7-16-18-11-13(5-2)22(16)20-14/h2,6-7,9-11,21H,4,8H2,1,3H3. The molecule has 0 amide bonds. The maximum atomic E-state index is 5.49. The summed E-state index contributed by atoms with van der Waals surface area (Å²) in [6, 6.07) is 5.75. The van der Waals surface area contributed by atoms with E-state index in [0.29, 0.717) is 17.2 Å². The van der Waals surface area contributed by atoms with Crippen LogP contribution in [-0.4, -0.2) is 32.4 Å². The second-order valence-corrected chi connectivity index (χ2v) is 5.91. The summed E-state index contributed by atoms with van der Waals surface area (Å²) in [6.07, 6.45) is 9.93. The quantitative estimate of drug-likeness (QED) is 0.422. The van der Waals surface area contributed by atoms with E-state index in [9.17, 15) is 0 Å². The van der Waals surface area contributed by atoms with Crippen molar-refractivity contribution in [3.8, 4) is 29.5 Å². The van der Waals surface area contributed by atoms with E-state index in [4.69, 9.17) is 11.2 Å². The number of hydrogen-bond acceptors (Lipinski definition) is 6. The molecule has 3 heterocycles. The van der Waals surface area contributed by atoms with Gasteiger partial charge in [0, 0.05) is 17.5 Å². The molecule has 122 valence electrons. The predicted octanol–water partition coefficient (Wildman–Crippen LogP) is 3.25. The smallest absolute Gasteiger partial charge is 0.237 e. The second-order valence-electron chi connectivity index (χ2n) is 5.01. The summed E-state index contributed by atoms with van der Waals surface area (Å²) in [6.45, 7) is 2.13. The van der Waals surface area contributed by atoms with Crippen molar-refractivity contribution in [3.63, 3.8) is 0 Å². The van der Waals surface area contributed by atoms with Crippen LogP contribution < -0.4 is 9.46 Å². The zero-order valence-electron chi connectivity index (χ0n) is 13.5. The van der Waals surface area contributed by atoms with E-state index in [0.717, 1.165) is 29.1 Å². The Kier molecular flexibility index (Phi) is 4.87. The Balaban J connectivity index is 1.99. The van der Waals surface area contributed by atoms with Gasteiger partial charge in [-0.05, 0) is 30.5 Å². The Morgan fingerprint density at radius 3 is 2.96 bits per heavy atom. The van der Waals surface area contributed by atoms with Crippen LogP contribution in [0.25, 0.3) is 16.9 Å². The molecule has 3 rings (SSSR count). The summed E-state index contributed by atoms with van der Waals surface area (Å²) in [7, 11) is 1.60. The van der Waals surface area contributed by atoms with Crippen molar-refractivity contribution in [3.05, 3.63) is 36.3 Å². The Morgan fingerprint density at radius 2 is 2.21 bits per heavy atom. The van der Waals surface area contributed by atoms with Gasteiger partial charge in [0.2, 0.25) is 5.88 Å². The van der Waals surface area contributed by atoms with Crippen molar-refractivity contribution < 1.29 is 4.74 Å². The van der Waals surface area contributed by atoms with E-state index in [1.807, 2.05) is 18.2 Å². The zero-order valence-corrected chi connectivity index (χ0v) is 14.3. The van der Waals surface area contributed by atoms with Crippen LogP contribution in [0.4, 0.5) is 5.69 Å². The number of pyridine rings is 1. The lowest BCUT2D eigenvalue weighted by Crippen LogP contribution is -1.99. The third-order valence-corrected chi connectivity index (χ3v) is 4.32. The van der Waals surface area contributed by atoms with E-state index in [1.54, 1.807) is 36.0 Å². The fraction of sp³-hybridized carbons (Fsp3) is 0.235. The molecule has 0 atom stereocenters. The fourth-order valence-electron chi connectivity index (χ4n) is 2.18. The van der Waals surface area contributed by atoms with Gasteiger partial charge >= 0.3 is 0 Å². The molecule has 3 aromatic rings. The number of imidazole rings is 1. The lowest BCUT2D eigenvalue weighted by molar-refractivity contribution is 0.400. The van der Waals surface area contributed by atoms with Crippen molar-refractivity contribution in [1.29, 1.82) is 0 Å². The van der Waals surface area contributed by atoms with Gasteiger partial charge in [0.15, 0.2) is 5.65 Å². The van der Waals surface area contributed by atoms with Crippen molar-refractivity contribution in [2.45, 2.75) is 13.3 Å². The fourth-order valence-corrected chi connectivity index (χ4v) is 2.79. The molecule has 24 heavy (non-hydrogen) atoms. The number of rotatable bonds is 6. The molecule has 6 nitrogen and oxygen atoms in total. The Morgan fingerprint density at radius 1 is 1.33 bits per heavy atom. The third-order valence-electron chi connectivity index (χ3n) is 3.34. The molecule has 1 N–H and O–H groups in total. The minimum Gasteiger partial charge on any atom is -0.480 e. The number of fused-ring (bicyclic) bond motifs is 1. The van der Waals surface area contributed by atoms with Gasteiger partial charge in [0.1, 0.15) is 11.4 Å². The molecule has 0 radical (unpaired) electrons. The summed E-state index contributed by atoms with van der Waals surface area (Å²) in [5.74, 6) is 4.13.